The summed E-state index contributed by atoms with van der Waals surface area (Å²) in [5, 5.41) is 0. The van der Waals surface area contributed by atoms with Crippen LogP contribution in [0.25, 0.3) is 0 Å². The van der Waals surface area contributed by atoms with E-state index < -0.39 is 0 Å². The minimum atomic E-state index is 0.872. The second kappa shape index (κ2) is 6.03. The van der Waals surface area contributed by atoms with Crippen LogP contribution in [-0.2, 0) is 17.8 Å². The minimum absolute atomic E-state index is 0.872. The molecule has 0 saturated carbocycles. The molecule has 3 nitrogen and oxygen atoms in total. The quantitative estimate of drug-likeness (QED) is 0.607. The molecule has 17 heavy (non-hydrogen) atoms. The highest BCUT2D eigenvalue weighted by Gasteiger charge is 2.17. The maximum atomic E-state index is 5.79. The summed E-state index contributed by atoms with van der Waals surface area (Å²) < 4.78 is 5.49. The number of nitrogens with two attached hydrogens (primary N) is 1. The first-order chi connectivity index (χ1) is 8.29. The number of anilines is 1. The van der Waals surface area contributed by atoms with E-state index in [2.05, 4.69) is 24.0 Å². The van der Waals surface area contributed by atoms with Crippen LogP contribution in [0.15, 0.2) is 18.2 Å². The number of hydrogen-bond donors (Lipinski definition) is 1. The standard InChI is InChI=1S/C14H22N2O/c1-2-7-17-8-3-6-16-10-12-4-5-14(15)9-13(12)11-16/h4-5,9H,2-3,6-8,10-11,15H2,1H3. The summed E-state index contributed by atoms with van der Waals surface area (Å²) in [4.78, 5) is 2.46. The largest absolute Gasteiger partial charge is 0.399 e. The van der Waals surface area contributed by atoms with Gasteiger partial charge in [0.2, 0.25) is 0 Å². The van der Waals surface area contributed by atoms with Gasteiger partial charge in [-0.25, -0.2) is 0 Å². The minimum Gasteiger partial charge on any atom is -0.399 e. The predicted octanol–water partition coefficient (Wildman–Crippen LogP) is 2.40. The maximum absolute atomic E-state index is 5.79. The summed E-state index contributed by atoms with van der Waals surface area (Å²) in [6.45, 7) is 7.11. The van der Waals surface area contributed by atoms with Gasteiger partial charge in [0.05, 0.1) is 0 Å². The average molecular weight is 234 g/mol. The van der Waals surface area contributed by atoms with Gasteiger partial charge in [0.1, 0.15) is 0 Å². The molecule has 0 saturated heterocycles. The van der Waals surface area contributed by atoms with E-state index in [0.29, 0.717) is 0 Å². The molecule has 94 valence electrons. The van der Waals surface area contributed by atoms with Crippen molar-refractivity contribution in [2.24, 2.45) is 0 Å². The molecule has 0 radical (unpaired) electrons. The average Bonchev–Trinajstić information content (AvgIpc) is 2.70. The first-order valence-electron chi connectivity index (χ1n) is 6.47. The van der Waals surface area contributed by atoms with E-state index in [1.54, 1.807) is 0 Å². The maximum Gasteiger partial charge on any atom is 0.0478 e. The molecule has 0 bridgehead atoms. The van der Waals surface area contributed by atoms with Crippen molar-refractivity contribution < 1.29 is 4.74 Å². The van der Waals surface area contributed by atoms with Gasteiger partial charge in [-0.15, -0.1) is 0 Å². The van der Waals surface area contributed by atoms with Crippen molar-refractivity contribution in [1.82, 2.24) is 4.90 Å². The number of rotatable bonds is 6. The molecule has 0 aliphatic carbocycles. The monoisotopic (exact) mass is 234 g/mol. The normalized spacial score (nSPS) is 15.1. The van der Waals surface area contributed by atoms with Crippen LogP contribution in [0, 0.1) is 0 Å². The Kier molecular flexibility index (Phi) is 4.40. The fraction of sp³-hybridized carbons (Fsp3) is 0.571. The molecule has 0 fully saturated rings. The SMILES string of the molecule is CCCOCCCN1Cc2ccc(N)cc2C1. The molecule has 2 rings (SSSR count). The smallest absolute Gasteiger partial charge is 0.0478 e. The Morgan fingerprint density at radius 1 is 1.24 bits per heavy atom. The van der Waals surface area contributed by atoms with Gasteiger partial charge < -0.3 is 10.5 Å². The molecular weight excluding hydrogens is 212 g/mol. The highest BCUT2D eigenvalue weighted by molar-refractivity contribution is 5.46. The molecule has 0 atom stereocenters. The van der Waals surface area contributed by atoms with Crippen LogP contribution in [0.5, 0.6) is 0 Å². The summed E-state index contributed by atoms with van der Waals surface area (Å²) >= 11 is 0. The third-order valence-electron chi connectivity index (χ3n) is 3.13. The van der Waals surface area contributed by atoms with Crippen LogP contribution in [0.2, 0.25) is 0 Å². The summed E-state index contributed by atoms with van der Waals surface area (Å²) in [6, 6.07) is 6.24. The van der Waals surface area contributed by atoms with Crippen molar-refractivity contribution in [2.45, 2.75) is 32.9 Å². The lowest BCUT2D eigenvalue weighted by molar-refractivity contribution is 0.120. The molecule has 1 aromatic rings. The van der Waals surface area contributed by atoms with Crippen molar-refractivity contribution in [1.29, 1.82) is 0 Å². The molecule has 0 unspecified atom stereocenters. The fourth-order valence-electron chi connectivity index (χ4n) is 2.28. The number of fused-ring (bicyclic) bond motifs is 1. The Balaban J connectivity index is 1.73. The fourth-order valence-corrected chi connectivity index (χ4v) is 2.28. The molecule has 0 amide bonds. The van der Waals surface area contributed by atoms with Crippen molar-refractivity contribution in [3.05, 3.63) is 29.3 Å². The first-order valence-corrected chi connectivity index (χ1v) is 6.47. The van der Waals surface area contributed by atoms with Crippen LogP contribution >= 0.6 is 0 Å². The van der Waals surface area contributed by atoms with Crippen LogP contribution in [-0.4, -0.2) is 24.7 Å². The van der Waals surface area contributed by atoms with Crippen LogP contribution in [0.4, 0.5) is 5.69 Å². The molecule has 1 aromatic carbocycles. The van der Waals surface area contributed by atoms with Gasteiger partial charge in [0.15, 0.2) is 0 Å². The zero-order valence-corrected chi connectivity index (χ0v) is 10.6. The zero-order valence-electron chi connectivity index (χ0n) is 10.6. The van der Waals surface area contributed by atoms with Gasteiger partial charge >= 0.3 is 0 Å². The third-order valence-corrected chi connectivity index (χ3v) is 3.13. The summed E-state index contributed by atoms with van der Waals surface area (Å²) in [5.41, 5.74) is 9.48. The summed E-state index contributed by atoms with van der Waals surface area (Å²) in [5.74, 6) is 0. The Morgan fingerprint density at radius 3 is 2.88 bits per heavy atom. The van der Waals surface area contributed by atoms with Crippen molar-refractivity contribution in [2.75, 3.05) is 25.5 Å². The van der Waals surface area contributed by atoms with E-state index in [0.717, 1.165) is 51.4 Å². The molecule has 0 spiro atoms. The van der Waals surface area contributed by atoms with E-state index in [-0.39, 0.29) is 0 Å². The summed E-state index contributed by atoms with van der Waals surface area (Å²) in [7, 11) is 0. The Hall–Kier alpha value is -1.06. The van der Waals surface area contributed by atoms with Crippen molar-refractivity contribution >= 4 is 5.69 Å². The molecule has 1 heterocycles. The van der Waals surface area contributed by atoms with E-state index in [1.807, 2.05) is 6.07 Å². The van der Waals surface area contributed by atoms with Crippen LogP contribution in [0.3, 0.4) is 0 Å². The molecular formula is C14H22N2O. The number of hydrogen-bond acceptors (Lipinski definition) is 3. The summed E-state index contributed by atoms with van der Waals surface area (Å²) in [6.07, 6.45) is 2.22. The second-order valence-corrected chi connectivity index (χ2v) is 4.70. The number of nitrogen functional groups attached to an aromatic ring is 1. The third kappa shape index (κ3) is 3.45. The van der Waals surface area contributed by atoms with E-state index >= 15 is 0 Å². The van der Waals surface area contributed by atoms with Crippen molar-refractivity contribution in [3.8, 4) is 0 Å². The molecule has 1 aliphatic heterocycles. The van der Waals surface area contributed by atoms with Crippen LogP contribution in [0.1, 0.15) is 30.9 Å². The highest BCUT2D eigenvalue weighted by Crippen LogP contribution is 2.24. The molecule has 3 heteroatoms. The second-order valence-electron chi connectivity index (χ2n) is 4.70. The zero-order chi connectivity index (χ0) is 12.1. The Morgan fingerprint density at radius 2 is 2.06 bits per heavy atom. The lowest BCUT2D eigenvalue weighted by Crippen LogP contribution is -2.19. The van der Waals surface area contributed by atoms with Gasteiger partial charge in [-0.3, -0.25) is 4.90 Å². The highest BCUT2D eigenvalue weighted by atomic mass is 16.5. The van der Waals surface area contributed by atoms with Gasteiger partial charge in [0, 0.05) is 38.5 Å². The van der Waals surface area contributed by atoms with Gasteiger partial charge in [0.25, 0.3) is 0 Å². The van der Waals surface area contributed by atoms with E-state index in [9.17, 15) is 0 Å². The molecule has 1 aliphatic rings. The van der Waals surface area contributed by atoms with Gasteiger partial charge in [-0.2, -0.15) is 0 Å². The molecule has 0 aromatic heterocycles. The lowest BCUT2D eigenvalue weighted by atomic mass is 10.1. The first kappa shape index (κ1) is 12.4. The van der Waals surface area contributed by atoms with E-state index in [4.69, 9.17) is 10.5 Å². The number of benzene rings is 1. The Bertz CT molecular complexity index is 365. The lowest BCUT2D eigenvalue weighted by Gasteiger charge is -2.14. The topological polar surface area (TPSA) is 38.5 Å². The number of nitrogens with zero attached hydrogens (tertiary/aromatic N) is 1. The van der Waals surface area contributed by atoms with Crippen LogP contribution < -0.4 is 5.73 Å². The number of ether oxygens (including phenoxy) is 1. The van der Waals surface area contributed by atoms with E-state index in [1.165, 1.54) is 11.1 Å². The van der Waals surface area contributed by atoms with Gasteiger partial charge in [-0.05, 0) is 36.1 Å². The van der Waals surface area contributed by atoms with Crippen molar-refractivity contribution in [3.63, 3.8) is 0 Å². The Labute approximate surface area is 104 Å². The predicted molar refractivity (Wildman–Crippen MR) is 70.7 cm³/mol. The van der Waals surface area contributed by atoms with Gasteiger partial charge in [-0.1, -0.05) is 13.0 Å². The molecule has 2 N–H and O–H groups in total.